The number of para-hydroxylation sites is 1. The van der Waals surface area contributed by atoms with E-state index in [1.165, 1.54) is 0 Å². The van der Waals surface area contributed by atoms with Crippen molar-refractivity contribution in [3.8, 4) is 11.3 Å². The molecule has 2 unspecified atom stereocenters. The molecule has 0 spiro atoms. The summed E-state index contributed by atoms with van der Waals surface area (Å²) in [5, 5.41) is 6.03. The van der Waals surface area contributed by atoms with Crippen LogP contribution < -0.4 is 4.90 Å². The first-order chi connectivity index (χ1) is 15.2. The van der Waals surface area contributed by atoms with Crippen LogP contribution in [0.4, 0.5) is 5.82 Å². The van der Waals surface area contributed by atoms with Gasteiger partial charge in [-0.15, -0.1) is 9.24 Å². The normalized spacial score (nSPS) is 19.6. The Morgan fingerprint density at radius 3 is 2.72 bits per heavy atom. The number of aldehydes is 1. The lowest BCUT2D eigenvalue weighted by molar-refractivity contribution is 0.0842. The first-order valence-electron chi connectivity index (χ1n) is 10.9. The molecule has 6 nitrogen and oxygen atoms in total. The van der Waals surface area contributed by atoms with Crippen molar-refractivity contribution in [1.29, 1.82) is 0 Å². The van der Waals surface area contributed by atoms with Crippen molar-refractivity contribution in [1.82, 2.24) is 14.8 Å². The second-order valence-corrected chi connectivity index (χ2v) is 15.7. The van der Waals surface area contributed by atoms with Crippen LogP contribution in [0.3, 0.4) is 0 Å². The third-order valence-electron chi connectivity index (χ3n) is 5.86. The summed E-state index contributed by atoms with van der Waals surface area (Å²) in [6.07, 6.45) is 10.6. The van der Waals surface area contributed by atoms with E-state index >= 15 is 0 Å². The Kier molecular flexibility index (Phi) is 6.62. The van der Waals surface area contributed by atoms with Crippen molar-refractivity contribution in [2.45, 2.75) is 25.2 Å². The maximum absolute atomic E-state index is 12.3. The highest BCUT2D eigenvalue weighted by molar-refractivity contribution is 8.32. The van der Waals surface area contributed by atoms with Gasteiger partial charge in [0.1, 0.15) is 18.2 Å². The van der Waals surface area contributed by atoms with Gasteiger partial charge in [-0.1, -0.05) is 25.1 Å². The maximum atomic E-state index is 12.3. The number of rotatable bonds is 8. The van der Waals surface area contributed by atoms with Crippen LogP contribution in [0.1, 0.15) is 23.7 Å². The number of anilines is 1. The molecule has 2 atom stereocenters. The minimum Gasteiger partial charge on any atom is -0.358 e. The molecule has 4 rings (SSSR count). The van der Waals surface area contributed by atoms with E-state index in [1.54, 1.807) is 6.20 Å². The number of nitrogens with zero attached hydrogens (tertiary/aromatic N) is 4. The second-order valence-electron chi connectivity index (χ2n) is 9.74. The molecule has 1 aliphatic rings. The fourth-order valence-corrected chi connectivity index (χ4v) is 5.05. The predicted molar refractivity (Wildman–Crippen MR) is 139 cm³/mol. The van der Waals surface area contributed by atoms with Crippen LogP contribution in [0, 0.1) is 0 Å². The van der Waals surface area contributed by atoms with Gasteiger partial charge < -0.3 is 9.64 Å². The molecule has 0 radical (unpaired) electrons. The number of carbonyl (C=O) groups excluding carboxylic acids is 1. The molecule has 172 valence electrons. The lowest BCUT2D eigenvalue weighted by Crippen LogP contribution is -2.26. The van der Waals surface area contributed by atoms with Gasteiger partial charge in [0, 0.05) is 41.1 Å². The van der Waals surface area contributed by atoms with Crippen molar-refractivity contribution in [2.24, 2.45) is 0 Å². The SMILES string of the molecule is CC1(P)CCN(c2nccc(-c3nn(COCCS(C)(C)C)c4ccccc34)c2C=O)C1. The van der Waals surface area contributed by atoms with E-state index in [0.29, 0.717) is 18.9 Å². The number of hydrogen-bond donors (Lipinski definition) is 0. The summed E-state index contributed by atoms with van der Waals surface area (Å²) in [5.41, 5.74) is 3.21. The topological polar surface area (TPSA) is 60.3 Å². The van der Waals surface area contributed by atoms with E-state index in [0.717, 1.165) is 59.5 Å². The first-order valence-corrected chi connectivity index (χ1v) is 14.5. The highest BCUT2D eigenvalue weighted by atomic mass is 32.3. The molecule has 8 heteroatoms. The minimum atomic E-state index is -0.596. The summed E-state index contributed by atoms with van der Waals surface area (Å²) < 4.78 is 7.86. The maximum Gasteiger partial charge on any atom is 0.154 e. The number of fused-ring (bicyclic) bond motifs is 1. The molecule has 2 aromatic heterocycles. The molecule has 1 saturated heterocycles. The number of pyridine rings is 1. The van der Waals surface area contributed by atoms with Crippen molar-refractivity contribution in [2.75, 3.05) is 49.1 Å². The smallest absolute Gasteiger partial charge is 0.154 e. The van der Waals surface area contributed by atoms with Gasteiger partial charge in [0.25, 0.3) is 0 Å². The van der Waals surface area contributed by atoms with E-state index in [-0.39, 0.29) is 5.16 Å². The van der Waals surface area contributed by atoms with Crippen molar-refractivity contribution in [3.05, 3.63) is 42.1 Å². The lowest BCUT2D eigenvalue weighted by Gasteiger charge is -2.24. The van der Waals surface area contributed by atoms with E-state index in [2.05, 4.69) is 50.9 Å². The van der Waals surface area contributed by atoms with Gasteiger partial charge in [-0.2, -0.15) is 5.10 Å². The highest BCUT2D eigenvalue weighted by Crippen LogP contribution is 2.37. The summed E-state index contributed by atoms with van der Waals surface area (Å²) in [6.45, 7) is 5.06. The number of carbonyl (C=O) groups is 1. The molecule has 1 aliphatic heterocycles. The van der Waals surface area contributed by atoms with Crippen molar-refractivity contribution in [3.63, 3.8) is 0 Å². The number of benzene rings is 1. The molecule has 3 aromatic rings. The second kappa shape index (κ2) is 9.12. The molecule has 0 N–H and O–H groups in total. The zero-order chi connectivity index (χ0) is 22.9. The molecule has 0 saturated carbocycles. The minimum absolute atomic E-state index is 0.137. The predicted octanol–water partition coefficient (Wildman–Crippen LogP) is 4.42. The molecule has 0 aliphatic carbocycles. The lowest BCUT2D eigenvalue weighted by atomic mass is 10.0. The molecule has 1 fully saturated rings. The van der Waals surface area contributed by atoms with Gasteiger partial charge in [0.15, 0.2) is 6.29 Å². The van der Waals surface area contributed by atoms with Gasteiger partial charge in [-0.25, -0.2) is 19.7 Å². The fourth-order valence-electron chi connectivity index (χ4n) is 4.09. The Morgan fingerprint density at radius 1 is 1.25 bits per heavy atom. The summed E-state index contributed by atoms with van der Waals surface area (Å²) >= 11 is 0. The number of aromatic nitrogens is 3. The Morgan fingerprint density at radius 2 is 2.03 bits per heavy atom. The first kappa shape index (κ1) is 23.2. The summed E-state index contributed by atoms with van der Waals surface area (Å²) in [7, 11) is 2.34. The van der Waals surface area contributed by atoms with Crippen LogP contribution in [0.5, 0.6) is 0 Å². The average Bonchev–Trinajstić information content (AvgIpc) is 3.30. The van der Waals surface area contributed by atoms with Gasteiger partial charge in [-0.05, 0) is 37.3 Å². The monoisotopic (exact) mass is 472 g/mol. The summed E-state index contributed by atoms with van der Waals surface area (Å²) in [4.78, 5) is 19.0. The molecule has 3 heterocycles. The Hall–Kier alpha value is -1.95. The molecule has 0 bridgehead atoms. The summed E-state index contributed by atoms with van der Waals surface area (Å²) in [6, 6.07) is 10.0. The van der Waals surface area contributed by atoms with E-state index < -0.39 is 10.0 Å². The standard InChI is InChI=1S/C24H33N4O2PS/c1-24(31)10-12-27(16-24)23-20(15-29)18(9-11-25-23)22-19-7-5-6-8-21(19)28(26-22)17-30-13-14-32(2,3)4/h5-9,11,15H,10,12-14,16-17,31H2,1-4H3. The number of hydrogen-bond acceptors (Lipinski definition) is 5. The highest BCUT2D eigenvalue weighted by Gasteiger charge is 2.32. The van der Waals surface area contributed by atoms with E-state index in [4.69, 9.17) is 9.84 Å². The third-order valence-corrected chi connectivity index (χ3v) is 7.72. The molecule has 32 heavy (non-hydrogen) atoms. The van der Waals surface area contributed by atoms with Crippen LogP contribution in [0.25, 0.3) is 22.2 Å². The number of ether oxygens (including phenoxy) is 1. The fraction of sp³-hybridized carbons (Fsp3) is 0.458. The van der Waals surface area contributed by atoms with Crippen LogP contribution >= 0.6 is 19.3 Å². The largest absolute Gasteiger partial charge is 0.358 e. The van der Waals surface area contributed by atoms with E-state index in [9.17, 15) is 4.79 Å². The van der Waals surface area contributed by atoms with Crippen molar-refractivity contribution < 1.29 is 9.53 Å². The Labute approximate surface area is 194 Å². The average molecular weight is 473 g/mol. The van der Waals surface area contributed by atoms with E-state index in [1.807, 2.05) is 28.9 Å². The molecular formula is C24H33N4O2PS. The molecule has 0 amide bonds. The van der Waals surface area contributed by atoms with Crippen LogP contribution in [0.2, 0.25) is 0 Å². The van der Waals surface area contributed by atoms with Gasteiger partial charge >= 0.3 is 0 Å². The zero-order valence-corrected chi connectivity index (χ0v) is 21.3. The Bertz CT molecular complexity index is 1120. The van der Waals surface area contributed by atoms with Gasteiger partial charge in [0.2, 0.25) is 0 Å². The molecular weight excluding hydrogens is 439 g/mol. The van der Waals surface area contributed by atoms with Crippen LogP contribution in [-0.4, -0.2) is 70.4 Å². The van der Waals surface area contributed by atoms with Crippen LogP contribution in [-0.2, 0) is 11.5 Å². The summed E-state index contributed by atoms with van der Waals surface area (Å²) in [5.74, 6) is 1.80. The van der Waals surface area contributed by atoms with Gasteiger partial charge in [-0.3, -0.25) is 4.79 Å². The Balaban J connectivity index is 1.69. The van der Waals surface area contributed by atoms with Gasteiger partial charge in [0.05, 0.1) is 17.7 Å². The van der Waals surface area contributed by atoms with Crippen LogP contribution in [0.15, 0.2) is 36.5 Å². The van der Waals surface area contributed by atoms with Crippen molar-refractivity contribution >= 4 is 42.3 Å². The zero-order valence-electron chi connectivity index (χ0n) is 19.4. The quantitative estimate of drug-likeness (QED) is 0.276. The molecule has 1 aromatic carbocycles. The third kappa shape index (κ3) is 5.00.